The second-order valence-corrected chi connectivity index (χ2v) is 4.29. The van der Waals surface area contributed by atoms with Crippen molar-refractivity contribution in [3.8, 4) is 0 Å². The minimum absolute atomic E-state index is 0.0377. The molecule has 0 N–H and O–H groups in total. The zero-order chi connectivity index (χ0) is 12.3. The number of carbonyl (C=O) groups is 2. The minimum Gasteiger partial charge on any atom is -0.469 e. The van der Waals surface area contributed by atoms with Gasteiger partial charge in [0.15, 0.2) is 0 Å². The molecule has 2 atom stereocenters. The summed E-state index contributed by atoms with van der Waals surface area (Å²) in [5, 5.41) is 0. The Kier molecular flexibility index (Phi) is 4.29. The molecule has 1 amide bonds. The van der Waals surface area contributed by atoms with Crippen molar-refractivity contribution in [2.24, 2.45) is 11.8 Å². The average Bonchev–Trinajstić information content (AvgIpc) is 2.56. The molecule has 0 aromatic rings. The van der Waals surface area contributed by atoms with Crippen molar-refractivity contribution in [1.29, 1.82) is 0 Å². The predicted molar refractivity (Wildman–Crippen MR) is 59.6 cm³/mol. The van der Waals surface area contributed by atoms with E-state index in [0.717, 1.165) is 6.54 Å². The predicted octanol–water partition coefficient (Wildman–Crippen LogP) is 0.163. The quantitative estimate of drug-likeness (QED) is 0.643. The van der Waals surface area contributed by atoms with E-state index in [2.05, 4.69) is 0 Å². The second kappa shape index (κ2) is 5.30. The van der Waals surface area contributed by atoms with Gasteiger partial charge in [-0.05, 0) is 13.6 Å². The summed E-state index contributed by atoms with van der Waals surface area (Å²) in [6.45, 7) is 5.74. The van der Waals surface area contributed by atoms with Crippen LogP contribution in [0.4, 0.5) is 0 Å². The Labute approximate surface area is 96.3 Å². The number of nitrogens with zero attached hydrogens (tertiary/aromatic N) is 2. The molecule has 1 aliphatic rings. The van der Waals surface area contributed by atoms with Crippen molar-refractivity contribution < 1.29 is 14.3 Å². The van der Waals surface area contributed by atoms with Crippen molar-refractivity contribution in [3.05, 3.63) is 0 Å². The van der Waals surface area contributed by atoms with E-state index in [-0.39, 0.29) is 23.7 Å². The Morgan fingerprint density at radius 2 is 2.25 bits per heavy atom. The first-order valence-corrected chi connectivity index (χ1v) is 5.56. The average molecular weight is 228 g/mol. The molecule has 1 saturated heterocycles. The van der Waals surface area contributed by atoms with Crippen LogP contribution in [0.5, 0.6) is 0 Å². The van der Waals surface area contributed by atoms with Crippen LogP contribution in [0, 0.1) is 11.8 Å². The van der Waals surface area contributed by atoms with Crippen molar-refractivity contribution in [1.82, 2.24) is 9.80 Å². The summed E-state index contributed by atoms with van der Waals surface area (Å²) in [5.74, 6) is -0.835. The summed E-state index contributed by atoms with van der Waals surface area (Å²) in [4.78, 5) is 27.1. The fourth-order valence-electron chi connectivity index (χ4n) is 1.89. The molecule has 1 rings (SSSR count). The van der Waals surface area contributed by atoms with E-state index in [1.54, 1.807) is 11.8 Å². The monoisotopic (exact) mass is 228 g/mol. The van der Waals surface area contributed by atoms with Crippen LogP contribution in [0.1, 0.15) is 13.8 Å². The molecule has 0 spiro atoms. The van der Waals surface area contributed by atoms with Gasteiger partial charge in [-0.1, -0.05) is 13.8 Å². The highest BCUT2D eigenvalue weighted by atomic mass is 16.5. The normalized spacial score (nSPS) is 25.3. The first-order valence-electron chi connectivity index (χ1n) is 5.56. The molecule has 0 saturated carbocycles. The van der Waals surface area contributed by atoms with Gasteiger partial charge in [0.25, 0.3) is 0 Å². The number of amides is 1. The summed E-state index contributed by atoms with van der Waals surface area (Å²) < 4.78 is 4.70. The minimum atomic E-state index is -0.317. The number of esters is 1. The van der Waals surface area contributed by atoms with Gasteiger partial charge in [0.05, 0.1) is 25.6 Å². The van der Waals surface area contributed by atoms with Gasteiger partial charge in [0.2, 0.25) is 5.91 Å². The lowest BCUT2D eigenvalue weighted by atomic mass is 9.98. The summed E-state index contributed by atoms with van der Waals surface area (Å²) in [6.07, 6.45) is 0. The number of methoxy groups -OCH3 is 1. The molecule has 2 unspecified atom stereocenters. The molecule has 5 heteroatoms. The molecule has 16 heavy (non-hydrogen) atoms. The Hall–Kier alpha value is -1.10. The number of hydrogen-bond donors (Lipinski definition) is 0. The number of carbonyl (C=O) groups excluding carboxylic acids is 2. The standard InChI is InChI=1S/C11H20N2O3/c1-5-12(3)7-13-6-9(11(15)16-4)8(2)10(13)14/h8-9H,5-7H2,1-4H3. The number of likely N-dealkylation sites (tertiary alicyclic amines) is 1. The summed E-state index contributed by atoms with van der Waals surface area (Å²) in [6, 6.07) is 0. The van der Waals surface area contributed by atoms with E-state index in [1.807, 2.05) is 18.9 Å². The van der Waals surface area contributed by atoms with Crippen molar-refractivity contribution >= 4 is 11.9 Å². The molecule has 1 aliphatic heterocycles. The van der Waals surface area contributed by atoms with Crippen LogP contribution in [0.2, 0.25) is 0 Å². The van der Waals surface area contributed by atoms with E-state index < -0.39 is 0 Å². The van der Waals surface area contributed by atoms with Crippen LogP contribution in [0.25, 0.3) is 0 Å². The molecule has 92 valence electrons. The SMILES string of the molecule is CCN(C)CN1CC(C(=O)OC)C(C)C1=O. The molecule has 0 aromatic heterocycles. The molecule has 1 fully saturated rings. The summed E-state index contributed by atoms with van der Waals surface area (Å²) in [7, 11) is 3.31. The smallest absolute Gasteiger partial charge is 0.311 e. The van der Waals surface area contributed by atoms with E-state index in [0.29, 0.717) is 13.2 Å². The third-order valence-corrected chi connectivity index (χ3v) is 3.18. The number of ether oxygens (including phenoxy) is 1. The number of rotatable bonds is 4. The van der Waals surface area contributed by atoms with Crippen LogP contribution in [0.15, 0.2) is 0 Å². The van der Waals surface area contributed by atoms with Crippen molar-refractivity contribution in [2.75, 3.05) is 33.9 Å². The molecule has 0 radical (unpaired) electrons. The van der Waals surface area contributed by atoms with Crippen molar-refractivity contribution in [2.45, 2.75) is 13.8 Å². The van der Waals surface area contributed by atoms with Gasteiger partial charge >= 0.3 is 5.97 Å². The molecule has 1 heterocycles. The Morgan fingerprint density at radius 1 is 1.62 bits per heavy atom. The molecular weight excluding hydrogens is 208 g/mol. The van der Waals surface area contributed by atoms with Gasteiger partial charge in [-0.2, -0.15) is 0 Å². The molecular formula is C11H20N2O3. The van der Waals surface area contributed by atoms with Gasteiger partial charge in [-0.25, -0.2) is 0 Å². The van der Waals surface area contributed by atoms with E-state index in [9.17, 15) is 9.59 Å². The Bertz CT molecular complexity index is 280. The molecule has 0 aliphatic carbocycles. The maximum atomic E-state index is 11.9. The van der Waals surface area contributed by atoms with Crippen LogP contribution in [-0.4, -0.2) is 55.6 Å². The zero-order valence-corrected chi connectivity index (χ0v) is 10.4. The lowest BCUT2D eigenvalue weighted by Gasteiger charge is -2.23. The van der Waals surface area contributed by atoms with Gasteiger partial charge in [0.1, 0.15) is 0 Å². The third kappa shape index (κ3) is 2.52. The van der Waals surface area contributed by atoms with Crippen LogP contribution >= 0.6 is 0 Å². The Balaban J connectivity index is 2.64. The lowest BCUT2D eigenvalue weighted by Crippen LogP contribution is -2.37. The molecule has 0 aromatic carbocycles. The largest absolute Gasteiger partial charge is 0.469 e. The Morgan fingerprint density at radius 3 is 2.75 bits per heavy atom. The lowest BCUT2D eigenvalue weighted by molar-refractivity contribution is -0.147. The van der Waals surface area contributed by atoms with E-state index >= 15 is 0 Å². The summed E-state index contributed by atoms with van der Waals surface area (Å²) in [5.41, 5.74) is 0. The summed E-state index contributed by atoms with van der Waals surface area (Å²) >= 11 is 0. The highest BCUT2D eigenvalue weighted by Crippen LogP contribution is 2.25. The van der Waals surface area contributed by atoms with Crippen LogP contribution < -0.4 is 0 Å². The highest BCUT2D eigenvalue weighted by molar-refractivity contribution is 5.88. The maximum Gasteiger partial charge on any atom is 0.311 e. The van der Waals surface area contributed by atoms with Crippen LogP contribution in [0.3, 0.4) is 0 Å². The van der Waals surface area contributed by atoms with Gasteiger partial charge < -0.3 is 9.64 Å². The fraction of sp³-hybridized carbons (Fsp3) is 0.818. The molecule has 5 nitrogen and oxygen atoms in total. The van der Waals surface area contributed by atoms with Gasteiger partial charge in [-0.15, -0.1) is 0 Å². The molecule has 0 bridgehead atoms. The second-order valence-electron chi connectivity index (χ2n) is 4.29. The first-order chi connectivity index (χ1) is 7.51. The number of hydrogen-bond acceptors (Lipinski definition) is 4. The zero-order valence-electron chi connectivity index (χ0n) is 10.4. The van der Waals surface area contributed by atoms with Crippen molar-refractivity contribution in [3.63, 3.8) is 0 Å². The van der Waals surface area contributed by atoms with E-state index in [4.69, 9.17) is 4.74 Å². The van der Waals surface area contributed by atoms with E-state index in [1.165, 1.54) is 7.11 Å². The third-order valence-electron chi connectivity index (χ3n) is 3.18. The van der Waals surface area contributed by atoms with Crippen LogP contribution in [-0.2, 0) is 14.3 Å². The maximum absolute atomic E-state index is 11.9. The first kappa shape index (κ1) is 13.0. The topological polar surface area (TPSA) is 49.9 Å². The highest BCUT2D eigenvalue weighted by Gasteiger charge is 2.42. The fourth-order valence-corrected chi connectivity index (χ4v) is 1.89. The van der Waals surface area contributed by atoms with Gasteiger partial charge in [-0.3, -0.25) is 14.5 Å². The van der Waals surface area contributed by atoms with Gasteiger partial charge in [0, 0.05) is 6.54 Å².